The minimum absolute atomic E-state index is 0. The Morgan fingerprint density at radius 3 is 2.36 bits per heavy atom. The van der Waals surface area contributed by atoms with Gasteiger partial charge in [-0.2, -0.15) is 5.10 Å². The average Bonchev–Trinajstić information content (AvgIpc) is 2.46. The van der Waals surface area contributed by atoms with E-state index >= 15 is 0 Å². The van der Waals surface area contributed by atoms with Crippen molar-refractivity contribution in [2.45, 2.75) is 40.7 Å². The van der Waals surface area contributed by atoms with Crippen LogP contribution in [0.5, 0.6) is 5.75 Å². The smallest absolute Gasteiger partial charge is 0.278 e. The van der Waals surface area contributed by atoms with E-state index in [9.17, 15) is 9.90 Å². The zero-order chi connectivity index (χ0) is 15.1. The number of aromatic nitrogens is 2. The van der Waals surface area contributed by atoms with E-state index in [1.165, 1.54) is 10.9 Å². The van der Waals surface area contributed by atoms with E-state index in [1.54, 1.807) is 0 Å². The fourth-order valence-corrected chi connectivity index (χ4v) is 1.96. The van der Waals surface area contributed by atoms with Crippen LogP contribution >= 0.6 is 0 Å². The van der Waals surface area contributed by atoms with E-state index < -0.39 is 0 Å². The number of hydrogen-bond acceptors (Lipinski definition) is 3. The van der Waals surface area contributed by atoms with Crippen LogP contribution in [0.4, 0.5) is 0 Å². The Bertz CT molecular complexity index is 624. The summed E-state index contributed by atoms with van der Waals surface area (Å²) in [5, 5.41) is 13.8. The fraction of sp³-hybridized carbons (Fsp3) is 0.353. The molecule has 0 spiro atoms. The van der Waals surface area contributed by atoms with Crippen LogP contribution in [0.25, 0.3) is 11.1 Å². The SMILES string of the molecule is CC.CCCn1ncc(O)c(-c2ccccc2C)c1=O.[CH3-].[Y]. The molecule has 0 bridgehead atoms. The van der Waals surface area contributed by atoms with Crippen molar-refractivity contribution < 1.29 is 37.8 Å². The first-order valence-corrected chi connectivity index (χ1v) is 7.00. The molecule has 0 aliphatic heterocycles. The van der Waals surface area contributed by atoms with Crippen molar-refractivity contribution in [2.75, 3.05) is 0 Å². The molecule has 1 aromatic carbocycles. The Balaban J connectivity index is 0. The predicted molar refractivity (Wildman–Crippen MR) is 88.4 cm³/mol. The summed E-state index contributed by atoms with van der Waals surface area (Å²) >= 11 is 0. The van der Waals surface area contributed by atoms with Gasteiger partial charge in [-0.25, -0.2) is 4.68 Å². The molecule has 4 nitrogen and oxygen atoms in total. The van der Waals surface area contributed by atoms with E-state index in [4.69, 9.17) is 0 Å². The number of benzene rings is 1. The molecule has 0 atom stereocenters. The molecular formula is C17H25N2O2Y-. The van der Waals surface area contributed by atoms with Crippen LogP contribution in [0, 0.1) is 14.4 Å². The zero-order valence-electron chi connectivity index (χ0n) is 14.1. The van der Waals surface area contributed by atoms with Crippen LogP contribution in [0.2, 0.25) is 0 Å². The maximum atomic E-state index is 12.3. The van der Waals surface area contributed by atoms with Gasteiger partial charge in [0, 0.05) is 39.3 Å². The van der Waals surface area contributed by atoms with Crippen LogP contribution < -0.4 is 5.56 Å². The predicted octanol–water partition coefficient (Wildman–Crippen LogP) is 3.81. The Morgan fingerprint density at radius 1 is 1.23 bits per heavy atom. The van der Waals surface area contributed by atoms with Crippen LogP contribution in [-0.4, -0.2) is 14.9 Å². The normalized spacial score (nSPS) is 8.91. The summed E-state index contributed by atoms with van der Waals surface area (Å²) in [5.74, 6) is -0.0679. The Morgan fingerprint density at radius 2 is 1.82 bits per heavy atom. The summed E-state index contributed by atoms with van der Waals surface area (Å²) < 4.78 is 1.39. The van der Waals surface area contributed by atoms with Gasteiger partial charge in [0.1, 0.15) is 5.75 Å². The van der Waals surface area contributed by atoms with Crippen LogP contribution in [0.3, 0.4) is 0 Å². The molecule has 1 radical (unpaired) electrons. The molecule has 0 aliphatic carbocycles. The first-order chi connectivity index (χ1) is 9.65. The van der Waals surface area contributed by atoms with Crippen LogP contribution in [0.15, 0.2) is 35.3 Å². The Hall–Kier alpha value is -0.996. The fourth-order valence-electron chi connectivity index (χ4n) is 1.96. The number of rotatable bonds is 3. The number of hydrogen-bond donors (Lipinski definition) is 1. The molecular weight excluding hydrogens is 353 g/mol. The summed E-state index contributed by atoms with van der Waals surface area (Å²) in [6.07, 6.45) is 2.16. The molecule has 5 heteroatoms. The van der Waals surface area contributed by atoms with Gasteiger partial charge in [-0.1, -0.05) is 45.0 Å². The van der Waals surface area contributed by atoms with E-state index in [1.807, 2.05) is 52.0 Å². The molecule has 0 saturated heterocycles. The van der Waals surface area contributed by atoms with Gasteiger partial charge < -0.3 is 12.5 Å². The second kappa shape index (κ2) is 11.6. The second-order valence-corrected chi connectivity index (χ2v) is 4.25. The monoisotopic (exact) mass is 378 g/mol. The van der Waals surface area contributed by atoms with Crippen molar-refractivity contribution in [2.24, 2.45) is 0 Å². The topological polar surface area (TPSA) is 55.1 Å². The Labute approximate surface area is 158 Å². The summed E-state index contributed by atoms with van der Waals surface area (Å²) in [5.41, 5.74) is 1.80. The third kappa shape index (κ3) is 5.33. The molecule has 1 N–H and O–H groups in total. The second-order valence-electron chi connectivity index (χ2n) is 4.25. The molecule has 2 aromatic rings. The summed E-state index contributed by atoms with van der Waals surface area (Å²) in [4.78, 5) is 12.3. The third-order valence-corrected chi connectivity index (χ3v) is 2.87. The summed E-state index contributed by atoms with van der Waals surface area (Å²) in [6, 6.07) is 7.51. The first-order valence-electron chi connectivity index (χ1n) is 7.00. The van der Waals surface area contributed by atoms with Gasteiger partial charge in [0.2, 0.25) is 0 Å². The van der Waals surface area contributed by atoms with Crippen molar-refractivity contribution in [1.82, 2.24) is 9.78 Å². The molecule has 1 aromatic heterocycles. The first kappa shape index (κ1) is 23.3. The maximum absolute atomic E-state index is 12.3. The molecule has 0 amide bonds. The molecule has 0 unspecified atom stereocenters. The summed E-state index contributed by atoms with van der Waals surface area (Å²) in [6.45, 7) is 8.45. The molecule has 0 fully saturated rings. The summed E-state index contributed by atoms with van der Waals surface area (Å²) in [7, 11) is 0. The minimum Gasteiger partial charge on any atom is -0.505 e. The van der Waals surface area contributed by atoms with Gasteiger partial charge in [-0.15, -0.1) is 0 Å². The van der Waals surface area contributed by atoms with Crippen molar-refractivity contribution in [1.29, 1.82) is 0 Å². The van der Waals surface area contributed by atoms with Gasteiger partial charge in [0.15, 0.2) is 0 Å². The largest absolute Gasteiger partial charge is 0.505 e. The molecule has 0 aliphatic rings. The van der Waals surface area contributed by atoms with E-state index in [-0.39, 0.29) is 51.4 Å². The molecule has 22 heavy (non-hydrogen) atoms. The van der Waals surface area contributed by atoms with Gasteiger partial charge in [0.25, 0.3) is 5.56 Å². The van der Waals surface area contributed by atoms with Crippen molar-refractivity contribution in [3.05, 3.63) is 53.8 Å². The van der Waals surface area contributed by atoms with Crippen LogP contribution in [0.1, 0.15) is 32.8 Å². The van der Waals surface area contributed by atoms with Crippen molar-refractivity contribution >= 4 is 0 Å². The standard InChI is InChI=1S/C14H16N2O2.C2H6.CH3.Y/c1-3-8-16-14(18)13(12(17)9-15-16)11-7-5-4-6-10(11)2;1-2;;/h4-7,9,17H,3,8H2,1-2H3;1-2H3;1H3;/q;;-1;. The molecule has 1 heterocycles. The van der Waals surface area contributed by atoms with Gasteiger partial charge in [0.05, 0.1) is 11.8 Å². The maximum Gasteiger partial charge on any atom is 0.278 e. The van der Waals surface area contributed by atoms with E-state index in [2.05, 4.69) is 5.10 Å². The minimum atomic E-state index is -0.244. The van der Waals surface area contributed by atoms with Crippen molar-refractivity contribution in [3.8, 4) is 16.9 Å². The Kier molecular flexibility index (Phi) is 12.2. The van der Waals surface area contributed by atoms with Gasteiger partial charge in [-0.05, 0) is 24.5 Å². The third-order valence-electron chi connectivity index (χ3n) is 2.87. The van der Waals surface area contributed by atoms with Gasteiger partial charge in [-0.3, -0.25) is 4.79 Å². The quantitative estimate of drug-likeness (QED) is 0.827. The molecule has 0 saturated carbocycles. The van der Waals surface area contributed by atoms with Gasteiger partial charge >= 0.3 is 0 Å². The average molecular weight is 378 g/mol. The number of nitrogens with zero attached hydrogens (tertiary/aromatic N) is 2. The van der Waals surface area contributed by atoms with E-state index in [0.717, 1.165) is 17.5 Å². The number of aromatic hydroxyl groups is 1. The van der Waals surface area contributed by atoms with E-state index in [0.29, 0.717) is 12.1 Å². The molecule has 119 valence electrons. The van der Waals surface area contributed by atoms with Crippen molar-refractivity contribution in [3.63, 3.8) is 0 Å². The van der Waals surface area contributed by atoms with Crippen LogP contribution in [-0.2, 0) is 39.3 Å². The molecule has 2 rings (SSSR count). The number of aryl methyl sites for hydroxylation is 2. The zero-order valence-corrected chi connectivity index (χ0v) is 17.0.